The molecule has 24 heavy (non-hydrogen) atoms. The summed E-state index contributed by atoms with van der Waals surface area (Å²) in [5.41, 5.74) is -1.77. The fraction of sp³-hybridized carbons (Fsp3) is 0.562. The van der Waals surface area contributed by atoms with Crippen LogP contribution in [0.2, 0.25) is 0 Å². The lowest BCUT2D eigenvalue weighted by Crippen LogP contribution is -2.71. The predicted octanol–water partition coefficient (Wildman–Crippen LogP) is 1.57. The van der Waals surface area contributed by atoms with Gasteiger partial charge in [-0.1, -0.05) is 6.07 Å². The summed E-state index contributed by atoms with van der Waals surface area (Å²) in [5, 5.41) is 15.7. The summed E-state index contributed by atoms with van der Waals surface area (Å²) >= 11 is 0. The summed E-state index contributed by atoms with van der Waals surface area (Å²) in [6.45, 7) is 7.24. The molecule has 2 rings (SSSR count). The molecule has 8 nitrogen and oxygen atoms in total. The van der Waals surface area contributed by atoms with E-state index in [1.807, 2.05) is 0 Å². The Labute approximate surface area is 141 Å². The third kappa shape index (κ3) is 4.58. The number of nitrogens with zero attached hydrogens (tertiary/aromatic N) is 2. The van der Waals surface area contributed by atoms with Crippen molar-refractivity contribution in [2.45, 2.75) is 44.9 Å². The van der Waals surface area contributed by atoms with E-state index < -0.39 is 29.4 Å². The van der Waals surface area contributed by atoms with Gasteiger partial charge in [0.2, 0.25) is 0 Å². The summed E-state index contributed by atoms with van der Waals surface area (Å²) < 4.78 is 5.24. The van der Waals surface area contributed by atoms with E-state index in [1.165, 1.54) is 4.90 Å². The molecule has 132 valence electrons. The van der Waals surface area contributed by atoms with Gasteiger partial charge in [0.1, 0.15) is 17.0 Å². The predicted molar refractivity (Wildman–Crippen MR) is 88.6 cm³/mol. The summed E-state index contributed by atoms with van der Waals surface area (Å²) in [6, 6.07) is 4.15. The van der Waals surface area contributed by atoms with Crippen molar-refractivity contribution in [1.82, 2.24) is 15.2 Å². The summed E-state index contributed by atoms with van der Waals surface area (Å²) in [7, 11) is 0. The number of hydrogen-bond acceptors (Lipinski definition) is 5. The third-order valence-electron chi connectivity index (χ3n) is 3.64. The highest BCUT2D eigenvalue weighted by Gasteiger charge is 2.49. The number of nitrogens with one attached hydrogen (secondary N) is 2. The number of hydrogen-bond donors (Lipinski definition) is 3. The lowest BCUT2D eigenvalue weighted by atomic mass is 9.87. The van der Waals surface area contributed by atoms with Gasteiger partial charge in [-0.3, -0.25) is 5.32 Å². The van der Waals surface area contributed by atoms with Crippen molar-refractivity contribution in [1.29, 1.82) is 0 Å². The fourth-order valence-corrected chi connectivity index (χ4v) is 2.26. The van der Waals surface area contributed by atoms with Crippen LogP contribution in [-0.2, 0) is 4.74 Å². The number of anilines is 1. The lowest BCUT2D eigenvalue weighted by Gasteiger charge is -2.49. The molecule has 3 amide bonds. The van der Waals surface area contributed by atoms with E-state index in [0.29, 0.717) is 5.82 Å². The minimum absolute atomic E-state index is 0.104. The molecule has 1 aliphatic heterocycles. The molecule has 2 heterocycles. The van der Waals surface area contributed by atoms with Crippen LogP contribution in [0.4, 0.5) is 15.4 Å². The summed E-state index contributed by atoms with van der Waals surface area (Å²) in [4.78, 5) is 29.2. The number of rotatable bonds is 3. The molecule has 1 aromatic rings. The quantitative estimate of drug-likeness (QED) is 0.777. The second-order valence-corrected chi connectivity index (χ2v) is 6.98. The second-order valence-electron chi connectivity index (χ2n) is 6.98. The number of urea groups is 1. The van der Waals surface area contributed by atoms with Gasteiger partial charge in [-0.05, 0) is 39.8 Å². The summed E-state index contributed by atoms with van der Waals surface area (Å²) in [5.74, 6) is 0.415. The zero-order valence-corrected chi connectivity index (χ0v) is 14.4. The minimum Gasteiger partial charge on any atom is -0.444 e. The van der Waals surface area contributed by atoms with Gasteiger partial charge in [0.15, 0.2) is 0 Å². The highest BCUT2D eigenvalue weighted by molar-refractivity contribution is 5.88. The van der Waals surface area contributed by atoms with E-state index in [2.05, 4.69) is 15.6 Å². The first-order valence-electron chi connectivity index (χ1n) is 7.78. The molecule has 1 atom stereocenters. The van der Waals surface area contributed by atoms with Crippen LogP contribution >= 0.6 is 0 Å². The Balaban J connectivity index is 1.82. The maximum absolute atomic E-state index is 11.9. The molecule has 1 fully saturated rings. The largest absolute Gasteiger partial charge is 0.444 e. The Morgan fingerprint density at radius 3 is 2.58 bits per heavy atom. The number of carbonyl (C=O) groups excluding carboxylic acids is 2. The molecule has 0 saturated carbocycles. The molecular weight excluding hydrogens is 312 g/mol. The molecule has 8 heteroatoms. The van der Waals surface area contributed by atoms with Gasteiger partial charge >= 0.3 is 12.1 Å². The molecule has 3 N–H and O–H groups in total. The van der Waals surface area contributed by atoms with Gasteiger partial charge in [0.25, 0.3) is 0 Å². The molecule has 1 unspecified atom stereocenters. The van der Waals surface area contributed by atoms with Crippen LogP contribution in [0.5, 0.6) is 0 Å². The van der Waals surface area contributed by atoms with E-state index >= 15 is 0 Å². The normalized spacial score (nSPS) is 17.5. The van der Waals surface area contributed by atoms with Crippen molar-refractivity contribution in [3.63, 3.8) is 0 Å². The topological polar surface area (TPSA) is 104 Å². The average molecular weight is 336 g/mol. The molecule has 1 saturated heterocycles. The molecule has 0 radical (unpaired) electrons. The first-order chi connectivity index (χ1) is 11.1. The van der Waals surface area contributed by atoms with Crippen LogP contribution in [0.15, 0.2) is 24.4 Å². The van der Waals surface area contributed by atoms with Crippen LogP contribution in [0.3, 0.4) is 0 Å². The van der Waals surface area contributed by atoms with Crippen LogP contribution in [0, 0.1) is 0 Å². The SMILES string of the molecule is CC(NC(=O)Nc1ccccn1)C1(O)CN(C(=O)OC(C)(C)C)C1. The van der Waals surface area contributed by atoms with Crippen LogP contribution in [0.1, 0.15) is 27.7 Å². The van der Waals surface area contributed by atoms with Crippen molar-refractivity contribution < 1.29 is 19.4 Å². The highest BCUT2D eigenvalue weighted by Crippen LogP contribution is 2.26. The van der Waals surface area contributed by atoms with Gasteiger partial charge in [0, 0.05) is 6.20 Å². The molecule has 1 aliphatic rings. The number of carbonyl (C=O) groups is 2. The Morgan fingerprint density at radius 2 is 2.04 bits per heavy atom. The van der Waals surface area contributed by atoms with Crippen molar-refractivity contribution in [3.05, 3.63) is 24.4 Å². The smallest absolute Gasteiger partial charge is 0.410 e. The number of ether oxygens (including phenoxy) is 1. The number of aromatic nitrogens is 1. The van der Waals surface area contributed by atoms with Crippen LogP contribution in [-0.4, -0.2) is 57.4 Å². The molecule has 0 spiro atoms. The van der Waals surface area contributed by atoms with Crippen molar-refractivity contribution >= 4 is 17.9 Å². The number of aliphatic hydroxyl groups is 1. The molecule has 1 aromatic heterocycles. The lowest BCUT2D eigenvalue weighted by molar-refractivity contribution is -0.112. The van der Waals surface area contributed by atoms with E-state index in [9.17, 15) is 14.7 Å². The average Bonchev–Trinajstić information content (AvgIpc) is 2.42. The van der Waals surface area contributed by atoms with Crippen LogP contribution in [0.25, 0.3) is 0 Å². The molecule has 0 aliphatic carbocycles. The number of pyridine rings is 1. The van der Waals surface area contributed by atoms with E-state index in [4.69, 9.17) is 4.74 Å². The van der Waals surface area contributed by atoms with E-state index in [1.54, 1.807) is 52.1 Å². The first kappa shape index (κ1) is 18.0. The maximum atomic E-state index is 11.9. The van der Waals surface area contributed by atoms with Crippen molar-refractivity contribution in [2.75, 3.05) is 18.4 Å². The number of β-amino-alcohol motifs (C(OH)–C–C–N with tert-alkyl or cyclic N) is 1. The molecular formula is C16H24N4O4. The number of amides is 3. The Morgan fingerprint density at radius 1 is 1.38 bits per heavy atom. The zero-order chi connectivity index (χ0) is 18.0. The number of likely N-dealkylation sites (tertiary alicyclic amines) is 1. The molecule has 0 aromatic carbocycles. The Hall–Kier alpha value is -2.35. The fourth-order valence-electron chi connectivity index (χ4n) is 2.26. The first-order valence-corrected chi connectivity index (χ1v) is 7.78. The van der Waals surface area contributed by atoms with E-state index in [0.717, 1.165) is 0 Å². The summed E-state index contributed by atoms with van der Waals surface area (Å²) in [6.07, 6.45) is 1.09. The van der Waals surface area contributed by atoms with Gasteiger partial charge < -0.3 is 20.1 Å². The van der Waals surface area contributed by atoms with Crippen molar-refractivity contribution in [3.8, 4) is 0 Å². The highest BCUT2D eigenvalue weighted by atomic mass is 16.6. The minimum atomic E-state index is -1.18. The van der Waals surface area contributed by atoms with Gasteiger partial charge in [-0.15, -0.1) is 0 Å². The maximum Gasteiger partial charge on any atom is 0.410 e. The van der Waals surface area contributed by atoms with Gasteiger partial charge in [-0.25, -0.2) is 14.6 Å². The van der Waals surface area contributed by atoms with Crippen molar-refractivity contribution in [2.24, 2.45) is 0 Å². The van der Waals surface area contributed by atoms with Crippen LogP contribution < -0.4 is 10.6 Å². The molecule has 0 bridgehead atoms. The third-order valence-corrected chi connectivity index (χ3v) is 3.64. The van der Waals surface area contributed by atoms with Gasteiger partial charge in [0.05, 0.1) is 19.1 Å². The monoisotopic (exact) mass is 336 g/mol. The van der Waals surface area contributed by atoms with Gasteiger partial charge in [-0.2, -0.15) is 0 Å². The Kier molecular flexibility index (Phi) is 4.98. The Bertz CT molecular complexity index is 594. The zero-order valence-electron chi connectivity index (χ0n) is 14.4. The van der Waals surface area contributed by atoms with E-state index in [-0.39, 0.29) is 13.1 Å². The standard InChI is InChI=1S/C16H24N4O4/c1-11(18-13(21)19-12-7-5-6-8-17-12)16(23)9-20(10-16)14(22)24-15(2,3)4/h5-8,11,23H,9-10H2,1-4H3,(H2,17,18,19,21). The second kappa shape index (κ2) is 6.64.